The lowest BCUT2D eigenvalue weighted by molar-refractivity contribution is -0.112. The van der Waals surface area contributed by atoms with Crippen molar-refractivity contribution in [1.82, 2.24) is 4.98 Å². The van der Waals surface area contributed by atoms with Crippen molar-refractivity contribution in [2.24, 2.45) is 5.92 Å². The quantitative estimate of drug-likeness (QED) is 0.222. The number of nitrogens with zero attached hydrogens (tertiary/aromatic N) is 2. The van der Waals surface area contributed by atoms with E-state index in [0.717, 1.165) is 59.8 Å². The molecule has 1 aromatic heterocycles. The maximum absolute atomic E-state index is 13.4. The summed E-state index contributed by atoms with van der Waals surface area (Å²) in [6, 6.07) is 7.75. The van der Waals surface area contributed by atoms with E-state index < -0.39 is 0 Å². The molecule has 0 saturated heterocycles. The second kappa shape index (κ2) is 12.1. The number of halogens is 1. The van der Waals surface area contributed by atoms with Crippen molar-refractivity contribution in [3.8, 4) is 11.8 Å². The topological polar surface area (TPSA) is 87.5 Å². The maximum atomic E-state index is 13.4. The summed E-state index contributed by atoms with van der Waals surface area (Å²) in [6.07, 6.45) is 6.03. The molecule has 0 spiro atoms. The minimum Gasteiger partial charge on any atom is -0.473 e. The van der Waals surface area contributed by atoms with E-state index in [2.05, 4.69) is 39.2 Å². The van der Waals surface area contributed by atoms with Crippen LogP contribution in [0, 0.1) is 30.1 Å². The molecule has 1 aromatic carbocycles. The maximum Gasteiger partial charge on any atom is 0.308 e. The number of methoxy groups -OCH3 is 1. The van der Waals surface area contributed by atoms with Crippen molar-refractivity contribution in [2.75, 3.05) is 31.0 Å². The second-order valence-electron chi connectivity index (χ2n) is 9.82. The Labute approximate surface area is 228 Å². The zero-order valence-corrected chi connectivity index (χ0v) is 23.6. The molecule has 0 aliphatic heterocycles. The summed E-state index contributed by atoms with van der Waals surface area (Å²) in [6.45, 7) is 4.36. The van der Waals surface area contributed by atoms with Crippen LogP contribution in [0.3, 0.4) is 0 Å². The molecule has 2 aromatic rings. The molecule has 0 radical (unpaired) electrons. The largest absolute Gasteiger partial charge is 0.473 e. The fraction of sp³-hybridized carbons (Fsp3) is 0.483. The molecule has 1 amide bonds. The molecule has 2 fully saturated rings. The van der Waals surface area contributed by atoms with Gasteiger partial charge < -0.3 is 14.8 Å². The number of amides is 1. The smallest absolute Gasteiger partial charge is 0.308 e. The van der Waals surface area contributed by atoms with E-state index in [1.165, 1.54) is 0 Å². The van der Waals surface area contributed by atoms with Crippen LogP contribution < -0.4 is 10.2 Å². The summed E-state index contributed by atoms with van der Waals surface area (Å²) >= 11 is 3.65. The normalized spacial score (nSPS) is 18.9. The lowest BCUT2D eigenvalue weighted by Crippen LogP contribution is -2.29. The van der Waals surface area contributed by atoms with Gasteiger partial charge in [-0.15, -0.1) is 0 Å². The first-order valence-electron chi connectivity index (χ1n) is 12.9. The predicted octanol–water partition coefficient (Wildman–Crippen LogP) is 6.31. The summed E-state index contributed by atoms with van der Waals surface area (Å²) in [7, 11) is 3.51. The molecule has 37 heavy (non-hydrogen) atoms. The lowest BCUT2D eigenvalue weighted by Gasteiger charge is -2.29. The predicted molar refractivity (Wildman–Crippen MR) is 151 cm³/mol. The van der Waals surface area contributed by atoms with E-state index in [1.807, 2.05) is 19.1 Å². The molecule has 2 saturated carbocycles. The van der Waals surface area contributed by atoms with Gasteiger partial charge in [0.05, 0.1) is 11.4 Å². The van der Waals surface area contributed by atoms with Gasteiger partial charge in [0.2, 0.25) is 5.90 Å². The van der Waals surface area contributed by atoms with E-state index in [4.69, 9.17) is 19.9 Å². The van der Waals surface area contributed by atoms with Gasteiger partial charge in [0.15, 0.2) is 0 Å². The molecule has 0 bridgehead atoms. The molecule has 2 atom stereocenters. The van der Waals surface area contributed by atoms with Crippen LogP contribution in [0.1, 0.15) is 68.2 Å². The first kappa shape index (κ1) is 27.2. The van der Waals surface area contributed by atoms with E-state index in [9.17, 15) is 4.79 Å². The number of carbonyl (C=O) groups excluding carboxylic acids is 1. The van der Waals surface area contributed by atoms with E-state index >= 15 is 0 Å². The summed E-state index contributed by atoms with van der Waals surface area (Å²) in [5.41, 5.74) is 3.95. The molecule has 2 aliphatic rings. The molecule has 7 nitrogen and oxygen atoms in total. The second-order valence-corrected chi connectivity index (χ2v) is 10.7. The van der Waals surface area contributed by atoms with Gasteiger partial charge >= 0.3 is 5.91 Å². The van der Waals surface area contributed by atoms with E-state index in [-0.39, 0.29) is 17.9 Å². The van der Waals surface area contributed by atoms with Crippen molar-refractivity contribution in [1.29, 1.82) is 5.41 Å². The van der Waals surface area contributed by atoms with E-state index in [1.54, 1.807) is 32.0 Å². The van der Waals surface area contributed by atoms with Crippen LogP contribution in [0.2, 0.25) is 0 Å². The van der Waals surface area contributed by atoms with Crippen molar-refractivity contribution < 1.29 is 14.3 Å². The summed E-state index contributed by atoms with van der Waals surface area (Å²) < 4.78 is 12.5. The summed E-state index contributed by atoms with van der Waals surface area (Å²) in [4.78, 5) is 19.8. The Balaban J connectivity index is 1.71. The molecule has 196 valence electrons. The number of rotatable bonds is 8. The number of hydrogen-bond acceptors (Lipinski definition) is 6. The number of carbonyl (C=O) groups is 1. The number of ether oxygens (including phenoxy) is 2. The van der Waals surface area contributed by atoms with Gasteiger partial charge in [-0.25, -0.2) is 4.98 Å². The third-order valence-electron chi connectivity index (χ3n) is 7.02. The zero-order valence-electron chi connectivity index (χ0n) is 22.0. The number of pyridine rings is 1. The van der Waals surface area contributed by atoms with Gasteiger partial charge in [0.1, 0.15) is 17.6 Å². The number of hydrogen-bond donors (Lipinski definition) is 2. The van der Waals surface area contributed by atoms with Crippen molar-refractivity contribution in [3.63, 3.8) is 0 Å². The third kappa shape index (κ3) is 6.34. The average Bonchev–Trinajstić information content (AvgIpc) is 3.72. The number of benzene rings is 1. The molecule has 1 heterocycles. The first-order chi connectivity index (χ1) is 17.9. The minimum absolute atomic E-state index is 0.00218. The van der Waals surface area contributed by atoms with Gasteiger partial charge in [-0.1, -0.05) is 21.9 Å². The highest BCUT2D eigenvalue weighted by Gasteiger charge is 2.32. The van der Waals surface area contributed by atoms with Gasteiger partial charge in [-0.2, -0.15) is 0 Å². The highest BCUT2D eigenvalue weighted by molar-refractivity contribution is 9.10. The third-order valence-corrected chi connectivity index (χ3v) is 7.87. The number of aryl methyl sites for hydroxylation is 1. The van der Waals surface area contributed by atoms with Gasteiger partial charge in [-0.3, -0.25) is 15.1 Å². The molecule has 2 N–H and O–H groups in total. The van der Waals surface area contributed by atoms with Crippen LogP contribution in [0.5, 0.6) is 0 Å². The fourth-order valence-electron chi connectivity index (χ4n) is 5.00. The first-order valence-corrected chi connectivity index (χ1v) is 13.7. The Morgan fingerprint density at radius 3 is 2.73 bits per heavy atom. The minimum atomic E-state index is -0.357. The zero-order chi connectivity index (χ0) is 26.5. The Kier molecular flexibility index (Phi) is 8.88. The highest BCUT2D eigenvalue weighted by atomic mass is 79.9. The standard InChI is InChI=1S/C29H35BrN4O3/c1-5-7-27(35)34(25-14-18(2)23(30)16-22(25)20-10-11-20)26-13-12-24(32-3)28(33-26)29(31)37-21-9-6-8-19(15-21)17-36-4/h12-14,16,19-21,31-32H,6,8-11,15,17H2,1-4H3. The Morgan fingerprint density at radius 1 is 1.27 bits per heavy atom. The Morgan fingerprint density at radius 2 is 2.05 bits per heavy atom. The van der Waals surface area contributed by atoms with Crippen LogP contribution in [0.15, 0.2) is 28.7 Å². The molecular weight excluding hydrogens is 532 g/mol. The SMILES string of the molecule is CC#CC(=O)N(c1ccc(NC)c(C(=N)OC2CCCC(COC)C2)n1)c1cc(C)c(Br)cc1C1CC1. The average molecular weight is 568 g/mol. The molecule has 8 heteroatoms. The van der Waals surface area contributed by atoms with Crippen LogP contribution >= 0.6 is 15.9 Å². The molecule has 2 aliphatic carbocycles. The Hall–Kier alpha value is -2.89. The lowest BCUT2D eigenvalue weighted by atomic mass is 9.88. The van der Waals surface area contributed by atoms with E-state index in [0.29, 0.717) is 35.6 Å². The van der Waals surface area contributed by atoms with Crippen LogP contribution in [0.4, 0.5) is 17.2 Å². The number of aromatic nitrogens is 1. The fourth-order valence-corrected chi connectivity index (χ4v) is 5.36. The van der Waals surface area contributed by atoms with Crippen LogP contribution in [-0.2, 0) is 14.3 Å². The molecule has 2 unspecified atom stereocenters. The Bertz CT molecular complexity index is 1230. The monoisotopic (exact) mass is 566 g/mol. The van der Waals surface area contributed by atoms with Gasteiger partial charge in [0.25, 0.3) is 0 Å². The van der Waals surface area contributed by atoms with Crippen LogP contribution in [-0.4, -0.2) is 43.7 Å². The highest BCUT2D eigenvalue weighted by Crippen LogP contribution is 2.47. The number of nitrogens with one attached hydrogen (secondary N) is 2. The van der Waals surface area contributed by atoms with Gasteiger partial charge in [-0.05, 0) is 106 Å². The summed E-state index contributed by atoms with van der Waals surface area (Å²) in [5, 5.41) is 11.9. The van der Waals surface area contributed by atoms with Crippen molar-refractivity contribution >= 4 is 44.9 Å². The van der Waals surface area contributed by atoms with Crippen LogP contribution in [0.25, 0.3) is 0 Å². The summed E-state index contributed by atoms with van der Waals surface area (Å²) in [5.74, 6) is 6.33. The molecular formula is C29H35BrN4O3. The number of anilines is 3. The van der Waals surface area contributed by atoms with Crippen molar-refractivity contribution in [2.45, 2.75) is 64.4 Å². The molecule has 4 rings (SSSR count). The van der Waals surface area contributed by atoms with Crippen molar-refractivity contribution in [3.05, 3.63) is 45.6 Å². The van der Waals surface area contributed by atoms with Gasteiger partial charge in [0, 0.05) is 25.2 Å².